The van der Waals surface area contributed by atoms with E-state index in [1.54, 1.807) is 6.07 Å². The Morgan fingerprint density at radius 3 is 2.34 bits per heavy atom. The largest absolute Gasteiger partial charge is 0.449 e. The Morgan fingerprint density at radius 1 is 1.03 bits per heavy atom. The van der Waals surface area contributed by atoms with Crippen LogP contribution >= 0.6 is 0 Å². The molecule has 3 aromatic rings. The fourth-order valence-corrected chi connectivity index (χ4v) is 3.75. The summed E-state index contributed by atoms with van der Waals surface area (Å²) >= 11 is 0. The van der Waals surface area contributed by atoms with Crippen molar-refractivity contribution in [2.75, 3.05) is 13.2 Å². The number of rotatable bonds is 5. The van der Waals surface area contributed by atoms with E-state index in [0.717, 1.165) is 11.3 Å². The molecule has 1 amide bonds. The number of nitrogens with one attached hydrogen (secondary N) is 2. The van der Waals surface area contributed by atoms with E-state index in [4.69, 9.17) is 4.74 Å². The highest BCUT2D eigenvalue weighted by Gasteiger charge is 2.28. The fraction of sp³-hybridized carbons (Fsp3) is 0.167. The highest BCUT2D eigenvalue weighted by Crippen LogP contribution is 2.44. The van der Waals surface area contributed by atoms with Gasteiger partial charge in [-0.1, -0.05) is 60.7 Å². The first-order valence-corrected chi connectivity index (χ1v) is 9.59. The average molecular weight is 386 g/mol. The predicted molar refractivity (Wildman–Crippen MR) is 114 cm³/mol. The minimum absolute atomic E-state index is 0.0486. The van der Waals surface area contributed by atoms with Crippen LogP contribution in [-0.4, -0.2) is 24.2 Å². The summed E-state index contributed by atoms with van der Waals surface area (Å²) in [6, 6.07) is 19.7. The van der Waals surface area contributed by atoms with Crippen molar-refractivity contribution in [3.05, 3.63) is 99.5 Å². The first-order valence-electron chi connectivity index (χ1n) is 9.59. The van der Waals surface area contributed by atoms with Crippen LogP contribution in [0.4, 0.5) is 4.79 Å². The summed E-state index contributed by atoms with van der Waals surface area (Å²) in [5.41, 5.74) is 6.35. The molecule has 2 N–H and O–H groups in total. The SMILES string of the molecule is Cc1[nH]c(=O)ccc1C=CCNC(=O)OCC1c2ccccc2-c2ccccc21. The number of alkyl carbamates (subject to hydrolysis) is 1. The summed E-state index contributed by atoms with van der Waals surface area (Å²) in [7, 11) is 0. The number of aryl methyl sites for hydroxylation is 1. The molecule has 0 atom stereocenters. The third kappa shape index (κ3) is 3.99. The minimum Gasteiger partial charge on any atom is -0.449 e. The molecule has 0 fully saturated rings. The van der Waals surface area contributed by atoms with Crippen LogP contribution < -0.4 is 10.9 Å². The predicted octanol–water partition coefficient (Wildman–Crippen LogP) is 4.24. The molecule has 5 heteroatoms. The molecule has 1 aliphatic carbocycles. The van der Waals surface area contributed by atoms with Crippen LogP contribution in [0.25, 0.3) is 17.2 Å². The van der Waals surface area contributed by atoms with Gasteiger partial charge >= 0.3 is 6.09 Å². The second kappa shape index (κ2) is 8.19. The zero-order valence-electron chi connectivity index (χ0n) is 16.1. The first-order chi connectivity index (χ1) is 14.1. The molecular weight excluding hydrogens is 364 g/mol. The van der Waals surface area contributed by atoms with E-state index in [9.17, 15) is 9.59 Å². The third-order valence-electron chi connectivity index (χ3n) is 5.16. The lowest BCUT2D eigenvalue weighted by atomic mass is 9.98. The van der Waals surface area contributed by atoms with Gasteiger partial charge < -0.3 is 15.0 Å². The Balaban J connectivity index is 1.34. The normalized spacial score (nSPS) is 12.6. The number of hydrogen-bond acceptors (Lipinski definition) is 3. The topological polar surface area (TPSA) is 71.2 Å². The van der Waals surface area contributed by atoms with E-state index in [-0.39, 0.29) is 11.5 Å². The van der Waals surface area contributed by atoms with Crippen LogP contribution in [0.15, 0.2) is 71.5 Å². The Labute approximate surface area is 169 Å². The summed E-state index contributed by atoms with van der Waals surface area (Å²) in [4.78, 5) is 26.1. The van der Waals surface area contributed by atoms with Gasteiger partial charge in [-0.2, -0.15) is 0 Å². The second-order valence-electron chi connectivity index (χ2n) is 7.01. The Kier molecular flexibility index (Phi) is 5.29. The maximum Gasteiger partial charge on any atom is 0.407 e. The molecule has 0 saturated carbocycles. The molecule has 5 nitrogen and oxygen atoms in total. The minimum atomic E-state index is -0.449. The average Bonchev–Trinajstić information content (AvgIpc) is 3.05. The van der Waals surface area contributed by atoms with Gasteiger partial charge in [0.2, 0.25) is 5.56 Å². The maximum atomic E-state index is 12.1. The van der Waals surface area contributed by atoms with E-state index in [1.165, 1.54) is 28.3 Å². The van der Waals surface area contributed by atoms with Gasteiger partial charge in [-0.3, -0.25) is 4.79 Å². The number of carbonyl (C=O) groups is 1. The van der Waals surface area contributed by atoms with Crippen molar-refractivity contribution < 1.29 is 9.53 Å². The first kappa shape index (κ1) is 18.7. The van der Waals surface area contributed by atoms with Gasteiger partial charge in [0, 0.05) is 24.2 Å². The molecule has 0 saturated heterocycles. The van der Waals surface area contributed by atoms with Crippen LogP contribution in [-0.2, 0) is 4.74 Å². The van der Waals surface area contributed by atoms with Gasteiger partial charge in [-0.25, -0.2) is 4.79 Å². The summed E-state index contributed by atoms with van der Waals surface area (Å²) < 4.78 is 5.50. The number of benzene rings is 2. The number of pyridine rings is 1. The molecule has 1 aliphatic rings. The molecule has 0 aliphatic heterocycles. The molecule has 0 unspecified atom stereocenters. The zero-order chi connectivity index (χ0) is 20.2. The van der Waals surface area contributed by atoms with Gasteiger partial charge in [-0.05, 0) is 40.8 Å². The molecule has 29 heavy (non-hydrogen) atoms. The van der Waals surface area contributed by atoms with E-state index in [0.29, 0.717) is 13.2 Å². The lowest BCUT2D eigenvalue weighted by molar-refractivity contribution is 0.144. The lowest BCUT2D eigenvalue weighted by Gasteiger charge is -2.14. The molecular formula is C24H22N2O3. The summed E-state index contributed by atoms with van der Waals surface area (Å²) in [6.07, 6.45) is 3.23. The Bertz CT molecular complexity index is 1090. The second-order valence-corrected chi connectivity index (χ2v) is 7.01. The number of ether oxygens (including phenoxy) is 1. The van der Waals surface area contributed by atoms with Crippen molar-refractivity contribution in [3.8, 4) is 11.1 Å². The van der Waals surface area contributed by atoms with Crippen LogP contribution in [0, 0.1) is 6.92 Å². The summed E-state index contributed by atoms with van der Waals surface area (Å²) in [5.74, 6) is 0.0486. The Morgan fingerprint density at radius 2 is 1.69 bits per heavy atom. The number of fused-ring (bicyclic) bond motifs is 3. The lowest BCUT2D eigenvalue weighted by Crippen LogP contribution is -2.26. The zero-order valence-corrected chi connectivity index (χ0v) is 16.1. The van der Waals surface area contributed by atoms with E-state index >= 15 is 0 Å². The van der Waals surface area contributed by atoms with E-state index in [1.807, 2.05) is 43.3 Å². The Hall–Kier alpha value is -3.60. The molecule has 146 valence electrons. The quantitative estimate of drug-likeness (QED) is 0.689. The number of amides is 1. The smallest absolute Gasteiger partial charge is 0.407 e. The van der Waals surface area contributed by atoms with Gasteiger partial charge in [0.25, 0.3) is 0 Å². The molecule has 2 aromatic carbocycles. The van der Waals surface area contributed by atoms with Crippen molar-refractivity contribution in [1.29, 1.82) is 0 Å². The van der Waals surface area contributed by atoms with Gasteiger partial charge in [0.15, 0.2) is 0 Å². The summed E-state index contributed by atoms with van der Waals surface area (Å²) in [6.45, 7) is 2.47. The van der Waals surface area contributed by atoms with Crippen LogP contribution in [0.5, 0.6) is 0 Å². The standard InChI is InChI=1S/C24H22N2O3/c1-16-17(12-13-23(27)26-16)7-6-14-25-24(28)29-15-22-20-10-4-2-8-18(20)19-9-3-5-11-21(19)22/h2-13,22H,14-15H2,1H3,(H,25,28)(H,26,27). The van der Waals surface area contributed by atoms with Crippen molar-refractivity contribution in [2.24, 2.45) is 0 Å². The van der Waals surface area contributed by atoms with E-state index < -0.39 is 6.09 Å². The highest BCUT2D eigenvalue weighted by molar-refractivity contribution is 5.79. The molecule has 1 heterocycles. The van der Waals surface area contributed by atoms with Crippen molar-refractivity contribution in [2.45, 2.75) is 12.8 Å². The number of carbonyl (C=O) groups excluding carboxylic acids is 1. The molecule has 0 bridgehead atoms. The van der Waals surface area contributed by atoms with Crippen LogP contribution in [0.3, 0.4) is 0 Å². The maximum absolute atomic E-state index is 12.1. The molecule has 4 rings (SSSR count). The van der Waals surface area contributed by atoms with Crippen molar-refractivity contribution >= 4 is 12.2 Å². The van der Waals surface area contributed by atoms with Gasteiger partial charge in [0.1, 0.15) is 6.61 Å². The highest BCUT2D eigenvalue weighted by atomic mass is 16.5. The molecule has 1 aromatic heterocycles. The van der Waals surface area contributed by atoms with Crippen molar-refractivity contribution in [3.63, 3.8) is 0 Å². The van der Waals surface area contributed by atoms with Crippen molar-refractivity contribution in [1.82, 2.24) is 10.3 Å². The number of H-pyrrole nitrogens is 1. The van der Waals surface area contributed by atoms with E-state index in [2.05, 4.69) is 34.6 Å². The van der Waals surface area contributed by atoms with Gasteiger partial charge in [0.05, 0.1) is 0 Å². The van der Waals surface area contributed by atoms with Crippen LogP contribution in [0.2, 0.25) is 0 Å². The molecule has 0 spiro atoms. The number of hydrogen-bond donors (Lipinski definition) is 2. The molecule has 0 radical (unpaired) electrons. The third-order valence-corrected chi connectivity index (χ3v) is 5.16. The number of aromatic nitrogens is 1. The fourth-order valence-electron chi connectivity index (χ4n) is 3.75. The van der Waals surface area contributed by atoms with Crippen LogP contribution in [0.1, 0.15) is 28.3 Å². The monoisotopic (exact) mass is 386 g/mol. The number of aromatic amines is 1. The summed E-state index contributed by atoms with van der Waals surface area (Å²) in [5, 5.41) is 2.74. The van der Waals surface area contributed by atoms with Gasteiger partial charge in [-0.15, -0.1) is 0 Å².